The summed E-state index contributed by atoms with van der Waals surface area (Å²) >= 11 is 5.77. The zero-order valence-electron chi connectivity index (χ0n) is 13.7. The van der Waals surface area contributed by atoms with E-state index in [1.54, 1.807) is 31.2 Å². The van der Waals surface area contributed by atoms with Crippen molar-refractivity contribution in [1.82, 2.24) is 10.9 Å². The van der Waals surface area contributed by atoms with E-state index < -0.39 is 17.9 Å². The Morgan fingerprint density at radius 2 is 1.58 bits per heavy atom. The third-order valence-corrected chi connectivity index (χ3v) is 3.73. The van der Waals surface area contributed by atoms with Crippen molar-refractivity contribution in [3.05, 3.63) is 64.2 Å². The first kappa shape index (κ1) is 17.8. The Morgan fingerprint density at radius 3 is 2.17 bits per heavy atom. The summed E-state index contributed by atoms with van der Waals surface area (Å²) in [5.41, 5.74) is 6.99. The average Bonchev–Trinajstić information content (AvgIpc) is 2.56. The molecule has 2 amide bonds. The summed E-state index contributed by atoms with van der Waals surface area (Å²) in [6.07, 6.45) is -0.754. The van der Waals surface area contributed by atoms with Crippen molar-refractivity contribution in [2.24, 2.45) is 0 Å². The molecule has 2 rings (SSSR count). The van der Waals surface area contributed by atoms with Crippen molar-refractivity contribution < 1.29 is 14.3 Å². The highest BCUT2D eigenvalue weighted by Gasteiger charge is 2.17. The Hall–Kier alpha value is -2.53. The molecule has 5 nitrogen and oxygen atoms in total. The number of benzene rings is 2. The average molecular weight is 347 g/mol. The van der Waals surface area contributed by atoms with Gasteiger partial charge in [-0.25, -0.2) is 0 Å². The smallest absolute Gasteiger partial charge is 0.279 e. The Bertz CT molecular complexity index is 724. The molecule has 0 fully saturated rings. The molecule has 0 aliphatic heterocycles. The van der Waals surface area contributed by atoms with E-state index in [4.69, 9.17) is 16.3 Å². The van der Waals surface area contributed by atoms with Gasteiger partial charge in [0.25, 0.3) is 11.8 Å². The number of hydrogen-bond acceptors (Lipinski definition) is 3. The maximum atomic E-state index is 12.1. The molecule has 0 saturated carbocycles. The number of ether oxygens (including phenoxy) is 1. The minimum atomic E-state index is -0.754. The molecule has 0 radical (unpaired) electrons. The molecule has 126 valence electrons. The second kappa shape index (κ2) is 7.84. The van der Waals surface area contributed by atoms with Gasteiger partial charge in [-0.15, -0.1) is 0 Å². The molecular formula is C18H19ClN2O3. The second-order valence-electron chi connectivity index (χ2n) is 5.43. The van der Waals surface area contributed by atoms with E-state index in [2.05, 4.69) is 10.9 Å². The molecule has 2 aromatic rings. The summed E-state index contributed by atoms with van der Waals surface area (Å²) in [7, 11) is 0. The zero-order chi connectivity index (χ0) is 17.7. The van der Waals surface area contributed by atoms with Gasteiger partial charge in [0, 0.05) is 10.6 Å². The number of carbonyl (C=O) groups excluding carboxylic acids is 2. The summed E-state index contributed by atoms with van der Waals surface area (Å²) in [5, 5.41) is 0.534. The number of nitrogens with one attached hydrogen (secondary N) is 2. The van der Waals surface area contributed by atoms with Crippen LogP contribution in [0.15, 0.2) is 42.5 Å². The summed E-state index contributed by atoms with van der Waals surface area (Å²) < 4.78 is 5.71. The van der Waals surface area contributed by atoms with Gasteiger partial charge in [0.2, 0.25) is 0 Å². The topological polar surface area (TPSA) is 67.4 Å². The van der Waals surface area contributed by atoms with Crippen LogP contribution in [0.25, 0.3) is 0 Å². The van der Waals surface area contributed by atoms with Gasteiger partial charge in [-0.3, -0.25) is 20.4 Å². The van der Waals surface area contributed by atoms with E-state index in [1.165, 1.54) is 0 Å². The van der Waals surface area contributed by atoms with Crippen molar-refractivity contribution in [3.63, 3.8) is 0 Å². The van der Waals surface area contributed by atoms with E-state index in [1.807, 2.05) is 32.0 Å². The van der Waals surface area contributed by atoms with Crippen LogP contribution in [0.3, 0.4) is 0 Å². The van der Waals surface area contributed by atoms with Gasteiger partial charge in [-0.1, -0.05) is 29.8 Å². The second-order valence-corrected chi connectivity index (χ2v) is 5.87. The number of aryl methyl sites for hydroxylation is 2. The Kier molecular flexibility index (Phi) is 5.82. The number of hydrogen-bond donors (Lipinski definition) is 2. The van der Waals surface area contributed by atoms with Crippen LogP contribution in [-0.4, -0.2) is 17.9 Å². The molecule has 0 saturated heterocycles. The lowest BCUT2D eigenvalue weighted by Gasteiger charge is -2.18. The minimum Gasteiger partial charge on any atom is -0.480 e. The van der Waals surface area contributed by atoms with E-state index in [0.29, 0.717) is 16.3 Å². The summed E-state index contributed by atoms with van der Waals surface area (Å²) in [6, 6.07) is 12.1. The van der Waals surface area contributed by atoms with E-state index in [9.17, 15) is 9.59 Å². The molecule has 2 aromatic carbocycles. The highest BCUT2D eigenvalue weighted by atomic mass is 35.5. The summed E-state index contributed by atoms with van der Waals surface area (Å²) in [5.74, 6) is -0.205. The van der Waals surface area contributed by atoms with Gasteiger partial charge < -0.3 is 4.74 Å². The molecule has 2 N–H and O–H groups in total. The van der Waals surface area contributed by atoms with Crippen LogP contribution in [-0.2, 0) is 4.79 Å². The first-order valence-corrected chi connectivity index (χ1v) is 7.85. The van der Waals surface area contributed by atoms with Crippen LogP contribution in [0.2, 0.25) is 5.02 Å². The standard InChI is InChI=1S/C18H19ClN2O3/c1-11-5-4-6-12(2)16(11)24-13(3)17(22)20-21-18(23)14-7-9-15(19)10-8-14/h4-10,13H,1-3H3,(H,20,22)(H,21,23). The van der Waals surface area contributed by atoms with Crippen molar-refractivity contribution in [2.75, 3.05) is 0 Å². The lowest BCUT2D eigenvalue weighted by Crippen LogP contribution is -2.47. The SMILES string of the molecule is Cc1cccc(C)c1OC(C)C(=O)NNC(=O)c1ccc(Cl)cc1. The van der Waals surface area contributed by atoms with Gasteiger partial charge in [0.15, 0.2) is 6.10 Å². The van der Waals surface area contributed by atoms with Crippen LogP contribution >= 0.6 is 11.6 Å². The highest BCUT2D eigenvalue weighted by molar-refractivity contribution is 6.30. The molecular weight excluding hydrogens is 328 g/mol. The molecule has 6 heteroatoms. The monoisotopic (exact) mass is 346 g/mol. The fourth-order valence-electron chi connectivity index (χ4n) is 2.11. The summed E-state index contributed by atoms with van der Waals surface area (Å²) in [4.78, 5) is 24.0. The minimum absolute atomic E-state index is 0.392. The largest absolute Gasteiger partial charge is 0.480 e. The van der Waals surface area contributed by atoms with Gasteiger partial charge in [0.05, 0.1) is 0 Å². The lowest BCUT2D eigenvalue weighted by atomic mass is 10.1. The molecule has 0 heterocycles. The maximum absolute atomic E-state index is 12.1. The zero-order valence-corrected chi connectivity index (χ0v) is 14.5. The van der Waals surface area contributed by atoms with Crippen LogP contribution in [0.1, 0.15) is 28.4 Å². The van der Waals surface area contributed by atoms with Gasteiger partial charge in [-0.05, 0) is 56.2 Å². The Morgan fingerprint density at radius 1 is 1.00 bits per heavy atom. The third-order valence-electron chi connectivity index (χ3n) is 3.48. The normalized spacial score (nSPS) is 11.5. The molecule has 0 bridgehead atoms. The van der Waals surface area contributed by atoms with Crippen molar-refractivity contribution in [2.45, 2.75) is 26.9 Å². The van der Waals surface area contributed by atoms with Crippen molar-refractivity contribution in [3.8, 4) is 5.75 Å². The fraction of sp³-hybridized carbons (Fsp3) is 0.222. The number of amides is 2. The molecule has 0 aliphatic rings. The Labute approximate surface area is 145 Å². The number of para-hydroxylation sites is 1. The van der Waals surface area contributed by atoms with Gasteiger partial charge in [-0.2, -0.15) is 0 Å². The van der Waals surface area contributed by atoms with Crippen LogP contribution < -0.4 is 15.6 Å². The number of carbonyl (C=O) groups is 2. The Balaban J connectivity index is 1.92. The number of halogens is 1. The predicted octanol–water partition coefficient (Wildman–Crippen LogP) is 3.19. The maximum Gasteiger partial charge on any atom is 0.279 e. The number of rotatable bonds is 4. The van der Waals surface area contributed by atoms with E-state index >= 15 is 0 Å². The third kappa shape index (κ3) is 4.49. The quantitative estimate of drug-likeness (QED) is 0.835. The van der Waals surface area contributed by atoms with Crippen LogP contribution in [0.4, 0.5) is 0 Å². The van der Waals surface area contributed by atoms with Crippen LogP contribution in [0.5, 0.6) is 5.75 Å². The van der Waals surface area contributed by atoms with Gasteiger partial charge in [0.1, 0.15) is 5.75 Å². The van der Waals surface area contributed by atoms with Gasteiger partial charge >= 0.3 is 0 Å². The molecule has 24 heavy (non-hydrogen) atoms. The molecule has 0 spiro atoms. The molecule has 0 aromatic heterocycles. The molecule has 1 atom stereocenters. The highest BCUT2D eigenvalue weighted by Crippen LogP contribution is 2.23. The summed E-state index contributed by atoms with van der Waals surface area (Å²) in [6.45, 7) is 5.44. The first-order chi connectivity index (χ1) is 11.4. The predicted molar refractivity (Wildman–Crippen MR) is 93.1 cm³/mol. The molecule has 1 unspecified atom stereocenters. The van der Waals surface area contributed by atoms with E-state index in [0.717, 1.165) is 11.1 Å². The first-order valence-electron chi connectivity index (χ1n) is 7.47. The van der Waals surface area contributed by atoms with E-state index in [-0.39, 0.29) is 0 Å². The van der Waals surface area contributed by atoms with Crippen molar-refractivity contribution in [1.29, 1.82) is 0 Å². The fourth-order valence-corrected chi connectivity index (χ4v) is 2.23. The molecule has 0 aliphatic carbocycles. The number of hydrazine groups is 1. The van der Waals surface area contributed by atoms with Crippen LogP contribution in [0, 0.1) is 13.8 Å². The van der Waals surface area contributed by atoms with Crippen molar-refractivity contribution >= 4 is 23.4 Å². The lowest BCUT2D eigenvalue weighted by molar-refractivity contribution is -0.128.